The highest BCUT2D eigenvalue weighted by Crippen LogP contribution is 2.41. The highest BCUT2D eigenvalue weighted by molar-refractivity contribution is 14.2. The Labute approximate surface area is 111 Å². The predicted octanol–water partition coefficient (Wildman–Crippen LogP) is 3.29. The summed E-state index contributed by atoms with van der Waals surface area (Å²) in [7, 11) is 0. The molecule has 1 N–H and O–H groups in total. The fraction of sp³-hybridized carbons (Fsp3) is 0.286. The number of hydrogen-bond donors (Lipinski definition) is 1. The van der Waals surface area contributed by atoms with Crippen molar-refractivity contribution in [2.75, 3.05) is 0 Å². The van der Waals surface area contributed by atoms with Crippen molar-refractivity contribution in [3.8, 4) is 0 Å². The summed E-state index contributed by atoms with van der Waals surface area (Å²) in [6.07, 6.45) is 4.38. The van der Waals surface area contributed by atoms with Crippen LogP contribution in [0.1, 0.15) is 6.42 Å². The molecule has 0 aliphatic heterocycles. The summed E-state index contributed by atoms with van der Waals surface area (Å²) in [6, 6.07) is 0. The first-order chi connectivity index (χ1) is 5.41. The molecule has 66 valence electrons. The Hall–Kier alpha value is 1.14. The van der Waals surface area contributed by atoms with Crippen molar-refractivity contribution >= 4 is 73.7 Å². The average Bonchev–Trinajstić information content (AvgIpc) is 1.82. The molecule has 1 rings (SSSR count). The van der Waals surface area contributed by atoms with Crippen molar-refractivity contribution in [2.45, 2.75) is 7.85 Å². The quantitative estimate of drug-likeness (QED) is 0.442. The second kappa shape index (κ2) is 4.11. The van der Waals surface area contributed by atoms with Crippen LogP contribution in [0.5, 0.6) is 0 Å². The van der Waals surface area contributed by atoms with Crippen LogP contribution in [0.3, 0.4) is 0 Å². The van der Waals surface area contributed by atoms with Crippen molar-refractivity contribution in [2.24, 2.45) is 0 Å². The Morgan fingerprint density at radius 3 is 2.58 bits per heavy atom. The predicted molar refractivity (Wildman–Crippen MR) is 73.2 cm³/mol. The Morgan fingerprint density at radius 1 is 1.58 bits per heavy atom. The molecule has 0 unspecified atom stereocenters. The third-order valence-corrected chi connectivity index (χ3v) is 3.37. The maximum atomic E-state index is 10.7. The van der Waals surface area contributed by atoms with E-state index in [1.165, 1.54) is 0 Å². The molecule has 0 fully saturated rings. The van der Waals surface area contributed by atoms with E-state index >= 15 is 0 Å². The van der Waals surface area contributed by atoms with Gasteiger partial charge in [-0.15, -0.1) is 0 Å². The molecule has 0 atom stereocenters. The van der Waals surface area contributed by atoms with Crippen molar-refractivity contribution in [3.63, 3.8) is 0 Å². The molecule has 0 aromatic rings. The zero-order chi connectivity index (χ0) is 9.35. The molecule has 1 aliphatic rings. The van der Waals surface area contributed by atoms with Crippen molar-refractivity contribution in [1.29, 1.82) is 0 Å². The third kappa shape index (κ3) is 3.13. The van der Waals surface area contributed by atoms with E-state index in [1.807, 2.05) is 0 Å². The van der Waals surface area contributed by atoms with Gasteiger partial charge in [0.1, 0.15) is 0 Å². The van der Waals surface area contributed by atoms with Gasteiger partial charge in [-0.05, 0) is 34.7 Å². The number of halogens is 3. The van der Waals surface area contributed by atoms with Gasteiger partial charge in [-0.25, -0.2) is 4.79 Å². The van der Waals surface area contributed by atoms with Gasteiger partial charge in [0.2, 0.25) is 0 Å². The molecule has 2 nitrogen and oxygen atoms in total. The van der Waals surface area contributed by atoms with Gasteiger partial charge in [-0.2, -0.15) is 0 Å². The number of carbonyl (C=O) groups is 1. The van der Waals surface area contributed by atoms with E-state index in [9.17, 15) is 4.79 Å². The highest BCUT2D eigenvalue weighted by atomic mass is 127. The molecule has 0 saturated heterocycles. The molecular weight excluding hydrogens is 497 g/mol. The van der Waals surface area contributed by atoms with Crippen molar-refractivity contribution in [3.05, 3.63) is 21.3 Å². The second-order valence-electron chi connectivity index (χ2n) is 2.44. The fourth-order valence-electron chi connectivity index (χ4n) is 0.903. The number of alkyl halides is 2. The van der Waals surface area contributed by atoms with Crippen LogP contribution >= 0.6 is 67.8 Å². The van der Waals surface area contributed by atoms with Crippen LogP contribution in [0.4, 0.5) is 0 Å². The molecular formula is C7H5I3O2. The molecule has 0 bridgehead atoms. The number of carboxylic acid groups (broad SMARTS) is 1. The van der Waals surface area contributed by atoms with Gasteiger partial charge in [0.25, 0.3) is 0 Å². The van der Waals surface area contributed by atoms with Gasteiger partial charge in [0.05, 0.1) is 1.43 Å². The van der Waals surface area contributed by atoms with Gasteiger partial charge in [0.15, 0.2) is 0 Å². The van der Waals surface area contributed by atoms with Gasteiger partial charge < -0.3 is 5.11 Å². The fourth-order valence-corrected chi connectivity index (χ4v) is 4.50. The molecule has 0 spiro atoms. The summed E-state index contributed by atoms with van der Waals surface area (Å²) >= 11 is 6.65. The molecule has 1 aliphatic carbocycles. The minimum Gasteiger partial charge on any atom is -0.478 e. The van der Waals surface area contributed by atoms with Gasteiger partial charge >= 0.3 is 5.97 Å². The lowest BCUT2D eigenvalue weighted by Gasteiger charge is -2.20. The van der Waals surface area contributed by atoms with Gasteiger partial charge in [-0.3, -0.25) is 0 Å². The molecule has 0 aromatic heterocycles. The van der Waals surface area contributed by atoms with E-state index < -0.39 is 5.97 Å². The van der Waals surface area contributed by atoms with E-state index in [0.29, 0.717) is 12.0 Å². The van der Waals surface area contributed by atoms with E-state index in [-0.39, 0.29) is 1.43 Å². The first-order valence-electron chi connectivity index (χ1n) is 3.11. The number of aliphatic carboxylic acids is 1. The largest absolute Gasteiger partial charge is 0.478 e. The molecule has 0 heterocycles. The first kappa shape index (κ1) is 11.2. The monoisotopic (exact) mass is 502 g/mol. The minimum absolute atomic E-state index is 0.0749. The van der Waals surface area contributed by atoms with E-state index in [4.69, 9.17) is 5.11 Å². The molecule has 0 saturated carbocycles. The molecule has 12 heavy (non-hydrogen) atoms. The second-order valence-corrected chi connectivity index (χ2v) is 9.60. The van der Waals surface area contributed by atoms with Crippen LogP contribution in [0.2, 0.25) is 0 Å². The maximum Gasteiger partial charge on any atom is 0.331 e. The zero-order valence-electron chi connectivity index (χ0n) is 5.85. The van der Waals surface area contributed by atoms with Crippen LogP contribution in [0.15, 0.2) is 21.3 Å². The standard InChI is InChI=1S/C7H5I3O2/c8-5-1-4(6(11)12)2-7(9,10)3-5/h1,3H,2H2,(H,11,12). The third-order valence-electron chi connectivity index (χ3n) is 1.36. The lowest BCUT2D eigenvalue weighted by Crippen LogP contribution is -2.16. The lowest BCUT2D eigenvalue weighted by molar-refractivity contribution is -0.132. The molecule has 0 amide bonds. The number of rotatable bonds is 1. The maximum absolute atomic E-state index is 10.7. The summed E-state index contributed by atoms with van der Waals surface area (Å²) < 4.78 is 0.925. The smallest absolute Gasteiger partial charge is 0.331 e. The van der Waals surface area contributed by atoms with Crippen LogP contribution in [0, 0.1) is 0 Å². The van der Waals surface area contributed by atoms with E-state index in [1.54, 1.807) is 6.08 Å². The lowest BCUT2D eigenvalue weighted by atomic mass is 10.1. The molecule has 5 heteroatoms. The van der Waals surface area contributed by atoms with Crippen LogP contribution in [-0.4, -0.2) is 12.5 Å². The Bertz CT molecular complexity index is 278. The Balaban J connectivity index is 2.96. The SMILES string of the molecule is O=C(O)C1=CC(I)=CC(I)(I)C1. The highest BCUT2D eigenvalue weighted by Gasteiger charge is 2.27. The molecule has 0 aromatic carbocycles. The summed E-state index contributed by atoms with van der Waals surface area (Å²) in [5, 5.41) is 8.78. The van der Waals surface area contributed by atoms with Crippen LogP contribution in [0.25, 0.3) is 0 Å². The zero-order valence-corrected chi connectivity index (χ0v) is 12.3. The number of carboxylic acids is 1. The minimum atomic E-state index is -0.810. The summed E-state index contributed by atoms with van der Waals surface area (Å²) in [5.74, 6) is -0.810. The normalized spacial score (nSPS) is 21.2. The number of allylic oxidation sites excluding steroid dienone is 3. The Kier molecular flexibility index (Phi) is 3.84. The average molecular weight is 502 g/mol. The molecule has 0 radical (unpaired) electrons. The van der Waals surface area contributed by atoms with Crippen molar-refractivity contribution < 1.29 is 9.90 Å². The van der Waals surface area contributed by atoms with Crippen LogP contribution in [-0.2, 0) is 4.79 Å². The number of hydrogen-bond acceptors (Lipinski definition) is 1. The first-order valence-corrected chi connectivity index (χ1v) is 6.34. The van der Waals surface area contributed by atoms with E-state index in [2.05, 4.69) is 73.8 Å². The van der Waals surface area contributed by atoms with Gasteiger partial charge in [0, 0.05) is 15.6 Å². The summed E-state index contributed by atoms with van der Waals surface area (Å²) in [5.41, 5.74) is 0.491. The van der Waals surface area contributed by atoms with Crippen molar-refractivity contribution in [1.82, 2.24) is 0 Å². The summed E-state index contributed by atoms with van der Waals surface area (Å²) in [6.45, 7) is 0. The topological polar surface area (TPSA) is 37.3 Å². The van der Waals surface area contributed by atoms with Crippen LogP contribution < -0.4 is 0 Å². The summed E-state index contributed by atoms with van der Waals surface area (Å²) in [4.78, 5) is 10.7. The van der Waals surface area contributed by atoms with E-state index in [0.717, 1.165) is 3.58 Å². The Morgan fingerprint density at radius 2 is 2.17 bits per heavy atom. The van der Waals surface area contributed by atoms with Gasteiger partial charge in [-0.1, -0.05) is 45.2 Å².